The predicted molar refractivity (Wildman–Crippen MR) is 66.4 cm³/mol. The van der Waals surface area contributed by atoms with Crippen LogP contribution in [0.5, 0.6) is 0 Å². The summed E-state index contributed by atoms with van der Waals surface area (Å²) in [5.74, 6) is -2.03. The van der Waals surface area contributed by atoms with E-state index in [1.54, 1.807) is 20.8 Å². The van der Waals surface area contributed by atoms with Crippen LogP contribution < -0.4 is 10.0 Å². The number of hydrogen-bond donors (Lipinski definition) is 0. The number of carboxylic acid groups (broad SMARTS) is 1. The van der Waals surface area contributed by atoms with Gasteiger partial charge in [-0.25, -0.2) is 4.90 Å². The first-order chi connectivity index (χ1) is 8.84. The smallest absolute Gasteiger partial charge is 0.261 e. The molecule has 0 bridgehead atoms. The Kier molecular flexibility index (Phi) is 2.98. The number of rotatable bonds is 2. The van der Waals surface area contributed by atoms with Crippen LogP contribution in [-0.4, -0.2) is 17.8 Å². The van der Waals surface area contributed by atoms with Gasteiger partial charge in [0.15, 0.2) is 0 Å². The SMILES string of the molecule is CC1=C(C)C(=O)N(c2ccc(C(=O)[O-])c(C)c2)C1=O. The van der Waals surface area contributed by atoms with E-state index < -0.39 is 5.97 Å². The normalized spacial score (nSPS) is 15.4. The highest BCUT2D eigenvalue weighted by molar-refractivity contribution is 6.32. The van der Waals surface area contributed by atoms with Crippen molar-refractivity contribution in [2.75, 3.05) is 4.90 Å². The molecule has 2 rings (SSSR count). The number of amides is 2. The first kappa shape index (κ1) is 13.0. The minimum absolute atomic E-state index is 0.0456. The zero-order valence-electron chi connectivity index (χ0n) is 10.8. The van der Waals surface area contributed by atoms with Crippen LogP contribution in [-0.2, 0) is 9.59 Å². The highest BCUT2D eigenvalue weighted by Gasteiger charge is 2.34. The van der Waals surface area contributed by atoms with E-state index in [9.17, 15) is 19.5 Å². The van der Waals surface area contributed by atoms with Gasteiger partial charge in [0.05, 0.1) is 11.7 Å². The van der Waals surface area contributed by atoms with Crippen molar-refractivity contribution in [3.05, 3.63) is 40.5 Å². The Balaban J connectivity index is 2.46. The summed E-state index contributed by atoms with van der Waals surface area (Å²) in [7, 11) is 0. The van der Waals surface area contributed by atoms with Crippen molar-refractivity contribution in [1.82, 2.24) is 0 Å². The van der Waals surface area contributed by atoms with E-state index in [1.807, 2.05) is 0 Å². The maximum Gasteiger partial charge on any atom is 0.261 e. The molecule has 0 unspecified atom stereocenters. The molecule has 5 heteroatoms. The van der Waals surface area contributed by atoms with Gasteiger partial charge in [0, 0.05) is 16.7 Å². The van der Waals surface area contributed by atoms with Crippen molar-refractivity contribution in [3.8, 4) is 0 Å². The molecule has 1 aliphatic rings. The maximum atomic E-state index is 12.0. The summed E-state index contributed by atoms with van der Waals surface area (Å²) in [5.41, 5.74) is 1.68. The van der Waals surface area contributed by atoms with Gasteiger partial charge in [-0.15, -0.1) is 0 Å². The Hall–Kier alpha value is -2.43. The number of hydrogen-bond acceptors (Lipinski definition) is 4. The molecule has 1 heterocycles. The molecule has 0 N–H and O–H groups in total. The standard InChI is InChI=1S/C14H13NO4/c1-7-6-10(4-5-11(7)14(18)19)15-12(16)8(2)9(3)13(15)17/h4-6H,1-3H3,(H,18,19)/p-1. The first-order valence-corrected chi connectivity index (χ1v) is 5.73. The van der Waals surface area contributed by atoms with E-state index in [-0.39, 0.29) is 17.4 Å². The predicted octanol–water partition coefficient (Wildman–Crippen LogP) is 0.568. The topological polar surface area (TPSA) is 77.5 Å². The van der Waals surface area contributed by atoms with Crippen LogP contribution >= 0.6 is 0 Å². The second-order valence-corrected chi connectivity index (χ2v) is 4.48. The summed E-state index contributed by atoms with van der Waals surface area (Å²) in [6, 6.07) is 4.26. The zero-order chi connectivity index (χ0) is 14.3. The molecular weight excluding hydrogens is 246 g/mol. The zero-order valence-corrected chi connectivity index (χ0v) is 10.8. The second kappa shape index (κ2) is 4.35. The molecule has 98 valence electrons. The van der Waals surface area contributed by atoms with Crippen LogP contribution in [0.4, 0.5) is 5.69 Å². The molecular formula is C14H12NO4-. The van der Waals surface area contributed by atoms with Gasteiger partial charge in [0.2, 0.25) is 0 Å². The van der Waals surface area contributed by atoms with E-state index in [0.717, 1.165) is 4.90 Å². The number of aromatic carboxylic acids is 1. The number of anilines is 1. The van der Waals surface area contributed by atoms with Crippen LogP contribution in [0.25, 0.3) is 0 Å². The third-order valence-corrected chi connectivity index (χ3v) is 3.30. The van der Waals surface area contributed by atoms with Gasteiger partial charge in [-0.05, 0) is 38.5 Å². The molecule has 19 heavy (non-hydrogen) atoms. The van der Waals surface area contributed by atoms with Crippen LogP contribution in [0.3, 0.4) is 0 Å². The summed E-state index contributed by atoms with van der Waals surface area (Å²) < 4.78 is 0. The Morgan fingerprint density at radius 2 is 1.58 bits per heavy atom. The van der Waals surface area contributed by atoms with Gasteiger partial charge in [-0.1, -0.05) is 6.07 Å². The van der Waals surface area contributed by atoms with Crippen LogP contribution in [0.2, 0.25) is 0 Å². The Bertz CT molecular complexity index is 619. The van der Waals surface area contributed by atoms with Crippen LogP contribution in [0.15, 0.2) is 29.3 Å². The second-order valence-electron chi connectivity index (χ2n) is 4.48. The molecule has 5 nitrogen and oxygen atoms in total. The van der Waals surface area contributed by atoms with Crippen molar-refractivity contribution >= 4 is 23.5 Å². The molecule has 1 aromatic rings. The van der Waals surface area contributed by atoms with Gasteiger partial charge in [-0.2, -0.15) is 0 Å². The molecule has 0 saturated heterocycles. The van der Waals surface area contributed by atoms with Gasteiger partial charge in [0.25, 0.3) is 11.8 Å². The Morgan fingerprint density at radius 1 is 1.05 bits per heavy atom. The summed E-state index contributed by atoms with van der Waals surface area (Å²) >= 11 is 0. The molecule has 0 aromatic heterocycles. The van der Waals surface area contributed by atoms with Crippen molar-refractivity contribution in [2.45, 2.75) is 20.8 Å². The largest absolute Gasteiger partial charge is 0.545 e. The van der Waals surface area contributed by atoms with E-state index in [2.05, 4.69) is 0 Å². The lowest BCUT2D eigenvalue weighted by Gasteiger charge is -2.17. The number of nitrogens with zero attached hydrogens (tertiary/aromatic N) is 1. The van der Waals surface area contributed by atoms with Gasteiger partial charge in [0.1, 0.15) is 0 Å². The number of imide groups is 1. The number of benzene rings is 1. The minimum Gasteiger partial charge on any atom is -0.545 e. The van der Waals surface area contributed by atoms with Gasteiger partial charge in [-0.3, -0.25) is 9.59 Å². The molecule has 0 spiro atoms. The lowest BCUT2D eigenvalue weighted by molar-refractivity contribution is -0.255. The van der Waals surface area contributed by atoms with Crippen LogP contribution in [0, 0.1) is 6.92 Å². The number of carbonyl (C=O) groups excluding carboxylic acids is 3. The molecule has 0 saturated carbocycles. The highest BCUT2D eigenvalue weighted by Crippen LogP contribution is 2.27. The Labute approximate surface area is 110 Å². The van der Waals surface area contributed by atoms with Gasteiger partial charge >= 0.3 is 0 Å². The van der Waals surface area contributed by atoms with E-state index >= 15 is 0 Å². The fraction of sp³-hybridized carbons (Fsp3) is 0.214. The average molecular weight is 258 g/mol. The lowest BCUT2D eigenvalue weighted by Crippen LogP contribution is -2.31. The van der Waals surface area contributed by atoms with Gasteiger partial charge < -0.3 is 9.90 Å². The van der Waals surface area contributed by atoms with Crippen molar-refractivity contribution in [3.63, 3.8) is 0 Å². The Morgan fingerprint density at radius 3 is 2.00 bits per heavy atom. The van der Waals surface area contributed by atoms with E-state index in [4.69, 9.17) is 0 Å². The minimum atomic E-state index is -1.28. The monoisotopic (exact) mass is 258 g/mol. The molecule has 2 amide bonds. The highest BCUT2D eigenvalue weighted by atomic mass is 16.4. The van der Waals surface area contributed by atoms with Crippen LogP contribution in [0.1, 0.15) is 29.8 Å². The fourth-order valence-corrected chi connectivity index (χ4v) is 2.00. The molecule has 1 aliphatic heterocycles. The summed E-state index contributed by atoms with van der Waals surface area (Å²) in [5, 5.41) is 10.8. The van der Waals surface area contributed by atoms with Crippen molar-refractivity contribution in [2.24, 2.45) is 0 Å². The maximum absolute atomic E-state index is 12.0. The summed E-state index contributed by atoms with van der Waals surface area (Å²) in [4.78, 5) is 35.8. The lowest BCUT2D eigenvalue weighted by atomic mass is 10.1. The summed E-state index contributed by atoms with van der Waals surface area (Å²) in [6.45, 7) is 4.78. The third kappa shape index (κ3) is 1.93. The molecule has 1 aromatic carbocycles. The van der Waals surface area contributed by atoms with E-state index in [0.29, 0.717) is 22.4 Å². The molecule has 0 radical (unpaired) electrons. The third-order valence-electron chi connectivity index (χ3n) is 3.30. The fourth-order valence-electron chi connectivity index (χ4n) is 2.00. The quantitative estimate of drug-likeness (QED) is 0.726. The molecule has 0 atom stereocenters. The number of aryl methyl sites for hydroxylation is 1. The number of carbonyl (C=O) groups is 3. The summed E-state index contributed by atoms with van der Waals surface area (Å²) in [6.07, 6.45) is 0. The van der Waals surface area contributed by atoms with Crippen molar-refractivity contribution in [1.29, 1.82) is 0 Å². The van der Waals surface area contributed by atoms with E-state index in [1.165, 1.54) is 18.2 Å². The molecule has 0 aliphatic carbocycles. The molecule has 0 fully saturated rings. The first-order valence-electron chi connectivity index (χ1n) is 5.73. The average Bonchev–Trinajstić information content (AvgIpc) is 2.53. The van der Waals surface area contributed by atoms with Crippen molar-refractivity contribution < 1.29 is 19.5 Å². The number of carboxylic acids is 1.